The molecule has 6 nitrogen and oxygen atoms in total. The Hall–Kier alpha value is -1.37. The molecule has 0 aromatic carbocycles. The van der Waals surface area contributed by atoms with Crippen LogP contribution in [-0.2, 0) is 23.4 Å². The fourth-order valence-corrected chi connectivity index (χ4v) is 1.73. The number of hydrogen-bond donors (Lipinski definition) is 1. The van der Waals surface area contributed by atoms with E-state index in [0.717, 1.165) is 0 Å². The lowest BCUT2D eigenvalue weighted by Gasteiger charge is -1.97. The highest BCUT2D eigenvalue weighted by molar-refractivity contribution is 7.90. The molecule has 0 aliphatic carbocycles. The highest BCUT2D eigenvalue weighted by Gasteiger charge is 2.14. The predicted octanol–water partition coefficient (Wildman–Crippen LogP) is -0.835. The fraction of sp³-hybridized carbons (Fsp3) is 0.500. The lowest BCUT2D eigenvalue weighted by Crippen LogP contribution is -2.32. The topological polar surface area (TPSA) is 75.5 Å². The first-order valence-corrected chi connectivity index (χ1v) is 6.40. The van der Waals surface area contributed by atoms with Crippen LogP contribution >= 0.6 is 0 Å². The third-order valence-corrected chi connectivity index (χ3v) is 2.93. The molecule has 84 valence electrons. The molecule has 0 aliphatic heterocycles. The van der Waals surface area contributed by atoms with Gasteiger partial charge in [-0.2, -0.15) is 0 Å². The van der Waals surface area contributed by atoms with Gasteiger partial charge in [0.1, 0.15) is 18.9 Å². The third kappa shape index (κ3) is 3.35. The summed E-state index contributed by atoms with van der Waals surface area (Å²) in [6.45, 7) is 0.348. The summed E-state index contributed by atoms with van der Waals surface area (Å²) in [6, 6.07) is 0. The Balaban J connectivity index is 2.86. The fourth-order valence-electron chi connectivity index (χ4n) is 1.21. The highest BCUT2D eigenvalue weighted by atomic mass is 32.2. The zero-order valence-electron chi connectivity index (χ0n) is 8.66. The second-order valence-corrected chi connectivity index (χ2v) is 5.59. The van der Waals surface area contributed by atoms with E-state index < -0.39 is 9.84 Å². The molecule has 1 N–H and O–H groups in total. The second kappa shape index (κ2) is 4.43. The third-order valence-electron chi connectivity index (χ3n) is 2.00. The number of oxime groups is 1. The van der Waals surface area contributed by atoms with Crippen molar-refractivity contribution in [1.29, 1.82) is 0 Å². The van der Waals surface area contributed by atoms with Gasteiger partial charge in [-0.05, 0) is 0 Å². The van der Waals surface area contributed by atoms with Gasteiger partial charge in [-0.1, -0.05) is 5.16 Å². The standard InChI is InChI=1S/C8H13N3O3S/c1-10-3-4-11(8(10)7-9-12)5-6-15(2,13)14/h3-4,7H,5-6H2,1-2H3/p+1. The molecular formula is C8H14N3O3S+. The summed E-state index contributed by atoms with van der Waals surface area (Å²) in [7, 11) is -1.20. The van der Waals surface area contributed by atoms with Crippen LogP contribution in [0.3, 0.4) is 0 Å². The van der Waals surface area contributed by atoms with Crippen LogP contribution in [0.15, 0.2) is 17.5 Å². The van der Waals surface area contributed by atoms with Crippen LogP contribution in [0.5, 0.6) is 0 Å². The predicted molar refractivity (Wildman–Crippen MR) is 54.7 cm³/mol. The van der Waals surface area contributed by atoms with Crippen molar-refractivity contribution in [2.24, 2.45) is 12.2 Å². The van der Waals surface area contributed by atoms with E-state index in [1.54, 1.807) is 28.6 Å². The molecule has 0 fully saturated rings. The smallest absolute Gasteiger partial charge is 0.303 e. The van der Waals surface area contributed by atoms with E-state index in [1.807, 2.05) is 0 Å². The van der Waals surface area contributed by atoms with Crippen molar-refractivity contribution in [3.63, 3.8) is 0 Å². The van der Waals surface area contributed by atoms with Crippen LogP contribution in [0.2, 0.25) is 0 Å². The van der Waals surface area contributed by atoms with E-state index >= 15 is 0 Å². The molecule has 1 heterocycles. The summed E-state index contributed by atoms with van der Waals surface area (Å²) in [6.07, 6.45) is 5.96. The maximum absolute atomic E-state index is 11.0. The molecule has 1 rings (SSSR count). The average molecular weight is 232 g/mol. The molecule has 0 bridgehead atoms. The normalized spacial score (nSPS) is 12.4. The van der Waals surface area contributed by atoms with E-state index in [1.165, 1.54) is 12.5 Å². The average Bonchev–Trinajstić information content (AvgIpc) is 2.45. The maximum atomic E-state index is 11.0. The van der Waals surface area contributed by atoms with Crippen molar-refractivity contribution >= 4 is 16.1 Å². The molecule has 7 heteroatoms. The number of rotatable bonds is 4. The monoisotopic (exact) mass is 232 g/mol. The minimum Gasteiger partial charge on any atom is -0.411 e. The Morgan fingerprint density at radius 3 is 2.87 bits per heavy atom. The van der Waals surface area contributed by atoms with E-state index in [4.69, 9.17) is 5.21 Å². The summed E-state index contributed by atoms with van der Waals surface area (Å²) in [4.78, 5) is 0. The van der Waals surface area contributed by atoms with Gasteiger partial charge in [0.25, 0.3) is 0 Å². The summed E-state index contributed by atoms with van der Waals surface area (Å²) in [5, 5.41) is 11.4. The zero-order valence-corrected chi connectivity index (χ0v) is 9.48. The summed E-state index contributed by atoms with van der Waals surface area (Å²) < 4.78 is 25.4. The zero-order chi connectivity index (χ0) is 11.5. The van der Waals surface area contributed by atoms with E-state index in [-0.39, 0.29) is 5.75 Å². The molecule has 0 saturated heterocycles. The Kier molecular flexibility index (Phi) is 3.46. The molecule has 0 amide bonds. The number of aromatic nitrogens is 2. The Morgan fingerprint density at radius 1 is 1.67 bits per heavy atom. The molecule has 0 spiro atoms. The summed E-state index contributed by atoms with van der Waals surface area (Å²) >= 11 is 0. The van der Waals surface area contributed by atoms with Crippen LogP contribution in [0.4, 0.5) is 0 Å². The Bertz CT molecular complexity index is 461. The molecule has 0 unspecified atom stereocenters. The maximum Gasteiger partial charge on any atom is 0.303 e. The van der Waals surface area contributed by atoms with E-state index in [9.17, 15) is 8.42 Å². The Morgan fingerprint density at radius 2 is 2.33 bits per heavy atom. The first-order valence-electron chi connectivity index (χ1n) is 4.34. The van der Waals surface area contributed by atoms with Gasteiger partial charge in [0.15, 0.2) is 16.1 Å². The van der Waals surface area contributed by atoms with Crippen molar-refractivity contribution < 1.29 is 18.2 Å². The summed E-state index contributed by atoms with van der Waals surface area (Å²) in [5.74, 6) is 0.703. The minimum atomic E-state index is -2.98. The van der Waals surface area contributed by atoms with Gasteiger partial charge in [0.2, 0.25) is 0 Å². The van der Waals surface area contributed by atoms with Crippen molar-refractivity contribution in [2.75, 3.05) is 12.0 Å². The van der Waals surface area contributed by atoms with E-state index in [0.29, 0.717) is 12.4 Å². The number of hydrogen-bond acceptors (Lipinski definition) is 4. The lowest BCUT2D eigenvalue weighted by atomic mass is 10.6. The van der Waals surface area contributed by atoms with Crippen molar-refractivity contribution in [3.05, 3.63) is 18.2 Å². The van der Waals surface area contributed by atoms with Crippen molar-refractivity contribution in [3.8, 4) is 0 Å². The highest BCUT2D eigenvalue weighted by Crippen LogP contribution is 1.94. The van der Waals surface area contributed by atoms with Crippen molar-refractivity contribution in [2.45, 2.75) is 6.54 Å². The van der Waals surface area contributed by atoms with E-state index in [2.05, 4.69) is 5.16 Å². The molecule has 0 radical (unpaired) electrons. The molecule has 1 aromatic heterocycles. The summed E-state index contributed by atoms with van der Waals surface area (Å²) in [5.41, 5.74) is 0. The lowest BCUT2D eigenvalue weighted by molar-refractivity contribution is -0.671. The molecule has 15 heavy (non-hydrogen) atoms. The largest absolute Gasteiger partial charge is 0.411 e. The Labute approximate surface area is 88.4 Å². The minimum absolute atomic E-state index is 0.0634. The second-order valence-electron chi connectivity index (χ2n) is 3.34. The van der Waals surface area contributed by atoms with Gasteiger partial charge in [0, 0.05) is 6.26 Å². The van der Waals surface area contributed by atoms with Gasteiger partial charge in [-0.3, -0.25) is 0 Å². The van der Waals surface area contributed by atoms with Gasteiger partial charge in [-0.25, -0.2) is 17.6 Å². The first-order chi connectivity index (χ1) is 6.94. The number of sulfone groups is 1. The number of aryl methyl sites for hydroxylation is 2. The molecule has 0 atom stereocenters. The van der Waals surface area contributed by atoms with Crippen LogP contribution in [0.25, 0.3) is 0 Å². The van der Waals surface area contributed by atoms with Crippen LogP contribution < -0.4 is 4.57 Å². The molecule has 0 saturated carbocycles. The number of imidazole rings is 1. The van der Waals surface area contributed by atoms with Gasteiger partial charge in [-0.15, -0.1) is 0 Å². The SMILES string of the molecule is C[n+]1ccn(CCS(C)(=O)=O)c1/C=N/O. The van der Waals surface area contributed by atoms with Crippen LogP contribution in [0.1, 0.15) is 5.82 Å². The van der Waals surface area contributed by atoms with Gasteiger partial charge < -0.3 is 5.21 Å². The molecular weight excluding hydrogens is 218 g/mol. The molecule has 0 aliphatic rings. The van der Waals surface area contributed by atoms with Gasteiger partial charge >= 0.3 is 5.82 Å². The van der Waals surface area contributed by atoms with Crippen molar-refractivity contribution in [1.82, 2.24) is 4.57 Å². The first kappa shape index (κ1) is 11.7. The number of nitrogens with zero attached hydrogens (tertiary/aromatic N) is 3. The quantitative estimate of drug-likeness (QED) is 0.318. The van der Waals surface area contributed by atoms with Crippen LogP contribution in [0, 0.1) is 0 Å². The molecule has 1 aromatic rings. The van der Waals surface area contributed by atoms with Gasteiger partial charge in [0.05, 0.1) is 12.8 Å². The van der Waals surface area contributed by atoms with Crippen LogP contribution in [-0.4, -0.2) is 36.4 Å².